The average molecular weight is 467 g/mol. The number of aryl methyl sites for hydroxylation is 1. The molecule has 0 unspecified atom stereocenters. The van der Waals surface area contributed by atoms with Gasteiger partial charge in [-0.25, -0.2) is 12.8 Å². The quantitative estimate of drug-likeness (QED) is 0.451. The Labute approximate surface area is 181 Å². The van der Waals surface area contributed by atoms with Crippen LogP contribution in [0, 0.1) is 12.7 Å². The van der Waals surface area contributed by atoms with Gasteiger partial charge in [0.1, 0.15) is 5.82 Å². The summed E-state index contributed by atoms with van der Waals surface area (Å²) in [5.74, 6) is -3.99. The summed E-state index contributed by atoms with van der Waals surface area (Å²) in [7, 11) is -4.04. The van der Waals surface area contributed by atoms with Crippen LogP contribution in [0.4, 0.5) is 24.5 Å². The summed E-state index contributed by atoms with van der Waals surface area (Å²) in [5.41, 5.74) is 0.607. The number of anilines is 2. The predicted octanol–water partition coefficient (Wildman–Crippen LogP) is 5.50. The zero-order valence-corrected chi connectivity index (χ0v) is 17.7. The highest BCUT2D eigenvalue weighted by atomic mass is 32.2. The molecule has 3 rings (SSSR count). The number of nitrogens with one attached hydrogen (secondary N) is 2. The lowest BCUT2D eigenvalue weighted by Gasteiger charge is -2.13. The number of halogens is 3. The lowest BCUT2D eigenvalue weighted by Crippen LogP contribution is -2.17. The van der Waals surface area contributed by atoms with E-state index in [2.05, 4.69) is 10.0 Å². The number of sulfonamides is 1. The van der Waals surface area contributed by atoms with Gasteiger partial charge in [0, 0.05) is 16.3 Å². The molecule has 3 aromatic carbocycles. The van der Waals surface area contributed by atoms with Crippen LogP contribution in [0.5, 0.6) is 0 Å². The van der Waals surface area contributed by atoms with Crippen molar-refractivity contribution in [2.45, 2.75) is 22.5 Å². The Morgan fingerprint density at radius 2 is 1.61 bits per heavy atom. The van der Waals surface area contributed by atoms with E-state index in [0.717, 1.165) is 6.07 Å². The molecule has 5 nitrogen and oxygen atoms in total. The maximum absolute atomic E-state index is 13.8. The van der Waals surface area contributed by atoms with Crippen molar-refractivity contribution in [1.82, 2.24) is 0 Å². The Bertz CT molecular complexity index is 1200. The summed E-state index contributed by atoms with van der Waals surface area (Å²) >= 11 is 0.353. The van der Waals surface area contributed by atoms with E-state index < -0.39 is 27.5 Å². The maximum Gasteiger partial charge on any atom is 0.288 e. The van der Waals surface area contributed by atoms with E-state index in [0.29, 0.717) is 22.2 Å². The Morgan fingerprint density at radius 3 is 2.26 bits per heavy atom. The third-order valence-electron chi connectivity index (χ3n) is 4.19. The van der Waals surface area contributed by atoms with E-state index in [1.807, 2.05) is 0 Å². The molecule has 2 N–H and O–H groups in total. The molecule has 1 amide bonds. The van der Waals surface area contributed by atoms with Crippen molar-refractivity contribution in [3.05, 3.63) is 83.7 Å². The van der Waals surface area contributed by atoms with E-state index >= 15 is 0 Å². The largest absolute Gasteiger partial charge is 0.322 e. The second-order valence-electron chi connectivity index (χ2n) is 6.42. The van der Waals surface area contributed by atoms with Gasteiger partial charge < -0.3 is 5.32 Å². The summed E-state index contributed by atoms with van der Waals surface area (Å²) in [4.78, 5) is 12.5. The Balaban J connectivity index is 1.81. The number of benzene rings is 3. The molecule has 0 aliphatic carbocycles. The lowest BCUT2D eigenvalue weighted by atomic mass is 10.2. The molecule has 0 aliphatic rings. The maximum atomic E-state index is 13.8. The van der Waals surface area contributed by atoms with Crippen molar-refractivity contribution >= 4 is 39.1 Å². The van der Waals surface area contributed by atoms with Crippen molar-refractivity contribution in [2.75, 3.05) is 10.0 Å². The number of alkyl halides is 2. The first-order valence-electron chi connectivity index (χ1n) is 8.90. The normalized spacial score (nSPS) is 11.4. The average Bonchev–Trinajstić information content (AvgIpc) is 2.70. The van der Waals surface area contributed by atoms with Gasteiger partial charge in [-0.05, 0) is 61.0 Å². The Hall–Kier alpha value is -2.98. The number of rotatable bonds is 7. The second kappa shape index (κ2) is 9.44. The van der Waals surface area contributed by atoms with Gasteiger partial charge in [-0.3, -0.25) is 9.52 Å². The molecule has 0 saturated carbocycles. The van der Waals surface area contributed by atoms with Crippen molar-refractivity contribution in [3.63, 3.8) is 0 Å². The molecule has 0 aliphatic heterocycles. The first kappa shape index (κ1) is 22.7. The van der Waals surface area contributed by atoms with Crippen LogP contribution in [0.25, 0.3) is 0 Å². The van der Waals surface area contributed by atoms with Crippen LogP contribution in [0.1, 0.15) is 15.9 Å². The molecule has 0 saturated heterocycles. The number of carbonyl (C=O) groups is 1. The molecule has 0 radical (unpaired) electrons. The van der Waals surface area contributed by atoms with E-state index in [-0.39, 0.29) is 21.8 Å². The predicted molar refractivity (Wildman–Crippen MR) is 115 cm³/mol. The first-order chi connectivity index (χ1) is 14.7. The highest BCUT2D eigenvalue weighted by Crippen LogP contribution is 2.28. The van der Waals surface area contributed by atoms with Crippen molar-refractivity contribution in [2.24, 2.45) is 0 Å². The molecular formula is C21H17F3N2O3S2. The number of thioether (sulfide) groups is 1. The molecule has 10 heteroatoms. The first-order valence-corrected chi connectivity index (χ1v) is 11.3. The van der Waals surface area contributed by atoms with Crippen LogP contribution < -0.4 is 10.0 Å². The van der Waals surface area contributed by atoms with Gasteiger partial charge in [-0.2, -0.15) is 8.78 Å². The number of amides is 1. The third kappa shape index (κ3) is 5.80. The fourth-order valence-corrected chi connectivity index (χ4v) is 4.56. The second-order valence-corrected chi connectivity index (χ2v) is 9.14. The van der Waals surface area contributed by atoms with Gasteiger partial charge in [0.2, 0.25) is 0 Å². The van der Waals surface area contributed by atoms with Gasteiger partial charge in [0.05, 0.1) is 10.5 Å². The summed E-state index contributed by atoms with van der Waals surface area (Å²) in [6.45, 7) is 1.58. The molecule has 3 aromatic rings. The van der Waals surface area contributed by atoms with Gasteiger partial charge in [0.25, 0.3) is 21.7 Å². The number of hydrogen-bond acceptors (Lipinski definition) is 4. The van der Waals surface area contributed by atoms with E-state index in [4.69, 9.17) is 0 Å². The molecule has 0 heterocycles. The minimum Gasteiger partial charge on any atom is -0.322 e. The standard InChI is InChI=1S/C21H17F3N2O3S2/c1-13-6-7-15(25-20(27)17-4-2-3-5-18(17)22)12-19(13)31(28,29)26-14-8-10-16(11-9-14)30-21(23)24/h2-12,21,26H,1H3,(H,25,27). The van der Waals surface area contributed by atoms with Crippen LogP contribution in [0.15, 0.2) is 76.5 Å². The van der Waals surface area contributed by atoms with Crippen LogP contribution in [-0.4, -0.2) is 20.1 Å². The Kier molecular flexibility index (Phi) is 6.91. The van der Waals surface area contributed by atoms with Crippen molar-refractivity contribution in [1.29, 1.82) is 0 Å². The summed E-state index contributed by atoms with van der Waals surface area (Å²) < 4.78 is 66.7. The fraction of sp³-hybridized carbons (Fsp3) is 0.0952. The molecule has 0 bridgehead atoms. The minimum atomic E-state index is -4.04. The fourth-order valence-electron chi connectivity index (χ4n) is 2.73. The topological polar surface area (TPSA) is 75.3 Å². The zero-order valence-electron chi connectivity index (χ0n) is 16.1. The summed E-state index contributed by atoms with van der Waals surface area (Å²) in [5, 5.41) is 2.48. The number of carbonyl (C=O) groups excluding carboxylic acids is 1. The van der Waals surface area contributed by atoms with Gasteiger partial charge >= 0.3 is 0 Å². The van der Waals surface area contributed by atoms with Crippen LogP contribution in [-0.2, 0) is 10.0 Å². The summed E-state index contributed by atoms with van der Waals surface area (Å²) in [6.07, 6.45) is 0. The third-order valence-corrected chi connectivity index (χ3v) is 6.43. The molecule has 31 heavy (non-hydrogen) atoms. The van der Waals surface area contributed by atoms with E-state index in [1.54, 1.807) is 6.92 Å². The van der Waals surface area contributed by atoms with Gasteiger partial charge in [-0.15, -0.1) is 0 Å². The molecular weight excluding hydrogens is 449 g/mol. The molecule has 0 spiro atoms. The van der Waals surface area contributed by atoms with Crippen LogP contribution >= 0.6 is 11.8 Å². The van der Waals surface area contributed by atoms with E-state index in [1.165, 1.54) is 60.7 Å². The molecule has 162 valence electrons. The SMILES string of the molecule is Cc1ccc(NC(=O)c2ccccc2F)cc1S(=O)(=O)Nc1ccc(SC(F)F)cc1. The highest BCUT2D eigenvalue weighted by Gasteiger charge is 2.19. The van der Waals surface area contributed by atoms with E-state index in [9.17, 15) is 26.4 Å². The van der Waals surface area contributed by atoms with Crippen molar-refractivity contribution in [3.8, 4) is 0 Å². The van der Waals surface area contributed by atoms with Gasteiger partial charge in [-0.1, -0.05) is 30.0 Å². The lowest BCUT2D eigenvalue weighted by molar-refractivity contribution is 0.102. The minimum absolute atomic E-state index is 0.0927. The molecule has 0 fully saturated rings. The monoisotopic (exact) mass is 466 g/mol. The zero-order chi connectivity index (χ0) is 22.6. The summed E-state index contributed by atoms with van der Waals surface area (Å²) in [6, 6.07) is 15.2. The Morgan fingerprint density at radius 1 is 0.968 bits per heavy atom. The van der Waals surface area contributed by atoms with Crippen LogP contribution in [0.3, 0.4) is 0 Å². The molecule has 0 atom stereocenters. The highest BCUT2D eigenvalue weighted by molar-refractivity contribution is 7.99. The smallest absolute Gasteiger partial charge is 0.288 e. The molecule has 0 aromatic heterocycles. The number of hydrogen-bond donors (Lipinski definition) is 2. The van der Waals surface area contributed by atoms with Crippen molar-refractivity contribution < 1.29 is 26.4 Å². The van der Waals surface area contributed by atoms with Gasteiger partial charge in [0.15, 0.2) is 0 Å². The van der Waals surface area contributed by atoms with Crippen LogP contribution in [0.2, 0.25) is 0 Å².